The second-order valence-electron chi connectivity index (χ2n) is 4.96. The van der Waals surface area contributed by atoms with Crippen LogP contribution in [0.2, 0.25) is 0 Å². The summed E-state index contributed by atoms with van der Waals surface area (Å²) in [5.41, 5.74) is 0.898. The van der Waals surface area contributed by atoms with Crippen LogP contribution in [0.3, 0.4) is 0 Å². The van der Waals surface area contributed by atoms with Crippen LogP contribution in [0.4, 0.5) is 5.69 Å². The van der Waals surface area contributed by atoms with Crippen molar-refractivity contribution in [3.8, 4) is 5.75 Å². The van der Waals surface area contributed by atoms with Crippen LogP contribution in [0.1, 0.15) is 0 Å². The molecule has 0 saturated carbocycles. The maximum Gasteiger partial charge on any atom is 0.245 e. The van der Waals surface area contributed by atoms with Gasteiger partial charge in [0.05, 0.1) is 7.11 Å². The molecule has 0 aromatic heterocycles. The maximum atomic E-state index is 12.5. The number of nitrogens with one attached hydrogen (secondary N) is 1. The van der Waals surface area contributed by atoms with Gasteiger partial charge >= 0.3 is 0 Å². The predicted molar refractivity (Wildman–Crippen MR) is 75.7 cm³/mol. The second kappa shape index (κ2) is 6.04. The third-order valence-corrected chi connectivity index (χ3v) is 3.20. The molecule has 0 radical (unpaired) electrons. The minimum absolute atomic E-state index is 0.119. The molecule has 1 saturated heterocycles. The molecule has 0 bridgehead atoms. The molecule has 1 aliphatic heterocycles. The van der Waals surface area contributed by atoms with E-state index < -0.39 is 0 Å². The topological polar surface area (TPSA) is 44.8 Å². The average molecular weight is 263 g/mol. The molecule has 1 N–H and O–H groups in total. The molecular weight excluding hydrogens is 242 g/mol. The molecule has 1 aliphatic rings. The van der Waals surface area contributed by atoms with Crippen LogP contribution in [0.15, 0.2) is 24.3 Å². The second-order valence-corrected chi connectivity index (χ2v) is 4.96. The van der Waals surface area contributed by atoms with Crippen LogP contribution < -0.4 is 15.0 Å². The van der Waals surface area contributed by atoms with Crippen molar-refractivity contribution in [2.75, 3.05) is 45.7 Å². The summed E-state index contributed by atoms with van der Waals surface area (Å²) in [6.45, 7) is 2.21. The number of amides is 1. The van der Waals surface area contributed by atoms with E-state index >= 15 is 0 Å². The molecule has 1 amide bonds. The van der Waals surface area contributed by atoms with Gasteiger partial charge in [-0.25, -0.2) is 0 Å². The highest BCUT2D eigenvalue weighted by Gasteiger charge is 2.29. The van der Waals surface area contributed by atoms with Gasteiger partial charge in [0.1, 0.15) is 11.8 Å². The zero-order valence-electron chi connectivity index (χ0n) is 11.7. The fourth-order valence-corrected chi connectivity index (χ4v) is 2.28. The lowest BCUT2D eigenvalue weighted by Gasteiger charge is -2.34. The molecule has 5 heteroatoms. The lowest BCUT2D eigenvalue weighted by Crippen LogP contribution is -2.58. The largest absolute Gasteiger partial charge is 0.497 e. The number of benzene rings is 1. The Kier molecular flexibility index (Phi) is 4.39. The summed E-state index contributed by atoms with van der Waals surface area (Å²) < 4.78 is 5.21. The van der Waals surface area contributed by atoms with Crippen molar-refractivity contribution in [3.05, 3.63) is 24.3 Å². The van der Waals surface area contributed by atoms with Gasteiger partial charge < -0.3 is 19.9 Å². The lowest BCUT2D eigenvalue weighted by atomic mass is 10.1. The number of hydrogen-bond acceptors (Lipinski definition) is 4. The number of nitrogens with zero attached hydrogens (tertiary/aromatic N) is 2. The molecule has 2 rings (SSSR count). The van der Waals surface area contributed by atoms with Gasteiger partial charge in [0.2, 0.25) is 5.91 Å². The number of hydrogen-bond donors (Lipinski definition) is 1. The summed E-state index contributed by atoms with van der Waals surface area (Å²) in [6.07, 6.45) is 0. The normalized spacial score (nSPS) is 19.9. The van der Waals surface area contributed by atoms with Crippen molar-refractivity contribution in [1.29, 1.82) is 0 Å². The van der Waals surface area contributed by atoms with Crippen molar-refractivity contribution in [1.82, 2.24) is 10.2 Å². The molecule has 104 valence electrons. The SMILES string of the molecule is COc1cccc(N2CCNC(CN(C)C)C2=O)c1. The van der Waals surface area contributed by atoms with E-state index in [0.29, 0.717) is 13.1 Å². The van der Waals surface area contributed by atoms with Gasteiger partial charge in [-0.15, -0.1) is 0 Å². The molecule has 1 atom stereocenters. The highest BCUT2D eigenvalue weighted by molar-refractivity contribution is 5.98. The number of likely N-dealkylation sites (N-methyl/N-ethyl adjacent to an activating group) is 1. The molecule has 1 aromatic rings. The Bertz CT molecular complexity index is 448. The van der Waals surface area contributed by atoms with E-state index in [9.17, 15) is 4.79 Å². The van der Waals surface area contributed by atoms with Crippen LogP contribution in [0, 0.1) is 0 Å². The van der Waals surface area contributed by atoms with Gasteiger partial charge in [-0.3, -0.25) is 4.79 Å². The van der Waals surface area contributed by atoms with Gasteiger partial charge in [-0.1, -0.05) is 6.07 Å². The molecule has 0 aliphatic carbocycles. The minimum atomic E-state index is -0.144. The number of anilines is 1. The highest BCUT2D eigenvalue weighted by Crippen LogP contribution is 2.22. The maximum absolute atomic E-state index is 12.5. The fraction of sp³-hybridized carbons (Fsp3) is 0.500. The molecule has 1 unspecified atom stereocenters. The number of carbonyl (C=O) groups is 1. The van der Waals surface area contributed by atoms with E-state index in [-0.39, 0.29) is 11.9 Å². The summed E-state index contributed by atoms with van der Waals surface area (Å²) in [5, 5.41) is 3.26. The van der Waals surface area contributed by atoms with Gasteiger partial charge in [-0.05, 0) is 26.2 Å². The standard InChI is InChI=1S/C14H21N3O2/c1-16(2)10-13-14(18)17(8-7-15-13)11-5-4-6-12(9-11)19-3/h4-6,9,13,15H,7-8,10H2,1-3H3. The number of ether oxygens (including phenoxy) is 1. The van der Waals surface area contributed by atoms with Crippen molar-refractivity contribution < 1.29 is 9.53 Å². The number of methoxy groups -OCH3 is 1. The minimum Gasteiger partial charge on any atom is -0.497 e. The van der Waals surface area contributed by atoms with Crippen molar-refractivity contribution in [3.63, 3.8) is 0 Å². The number of carbonyl (C=O) groups excluding carboxylic acids is 1. The van der Waals surface area contributed by atoms with E-state index in [4.69, 9.17) is 4.74 Å². The zero-order chi connectivity index (χ0) is 13.8. The fourth-order valence-electron chi connectivity index (χ4n) is 2.28. The Labute approximate surface area is 114 Å². The van der Waals surface area contributed by atoms with Crippen LogP contribution in [-0.2, 0) is 4.79 Å². The number of rotatable bonds is 4. The van der Waals surface area contributed by atoms with Gasteiger partial charge in [0, 0.05) is 31.4 Å². The monoisotopic (exact) mass is 263 g/mol. The van der Waals surface area contributed by atoms with Crippen LogP contribution in [-0.4, -0.2) is 57.7 Å². The molecule has 5 nitrogen and oxygen atoms in total. The van der Waals surface area contributed by atoms with Gasteiger partial charge in [0.25, 0.3) is 0 Å². The third kappa shape index (κ3) is 3.24. The van der Waals surface area contributed by atoms with Crippen molar-refractivity contribution in [2.24, 2.45) is 0 Å². The number of piperazine rings is 1. The van der Waals surface area contributed by atoms with Crippen LogP contribution in [0.25, 0.3) is 0 Å². The highest BCUT2D eigenvalue weighted by atomic mass is 16.5. The Morgan fingerprint density at radius 1 is 1.47 bits per heavy atom. The average Bonchev–Trinajstić information content (AvgIpc) is 2.41. The van der Waals surface area contributed by atoms with E-state index in [2.05, 4.69) is 5.32 Å². The van der Waals surface area contributed by atoms with Crippen LogP contribution in [0.5, 0.6) is 5.75 Å². The first-order chi connectivity index (χ1) is 9.11. The first-order valence-electron chi connectivity index (χ1n) is 6.45. The van der Waals surface area contributed by atoms with Gasteiger partial charge in [-0.2, -0.15) is 0 Å². The Morgan fingerprint density at radius 2 is 2.26 bits per heavy atom. The first-order valence-corrected chi connectivity index (χ1v) is 6.45. The predicted octanol–water partition coefficient (Wildman–Crippen LogP) is 0.562. The first kappa shape index (κ1) is 13.8. The summed E-state index contributed by atoms with van der Waals surface area (Å²) in [7, 11) is 5.58. The summed E-state index contributed by atoms with van der Waals surface area (Å²) in [6, 6.07) is 7.49. The van der Waals surface area contributed by atoms with E-state index in [1.807, 2.05) is 48.2 Å². The molecule has 19 heavy (non-hydrogen) atoms. The van der Waals surface area contributed by atoms with Crippen LogP contribution >= 0.6 is 0 Å². The smallest absolute Gasteiger partial charge is 0.245 e. The Hall–Kier alpha value is -1.59. The summed E-state index contributed by atoms with van der Waals surface area (Å²) >= 11 is 0. The molecule has 1 heterocycles. The molecule has 0 spiro atoms. The van der Waals surface area contributed by atoms with Gasteiger partial charge in [0.15, 0.2) is 0 Å². The zero-order valence-corrected chi connectivity index (χ0v) is 11.7. The van der Waals surface area contributed by atoms with E-state index in [1.54, 1.807) is 7.11 Å². The Morgan fingerprint density at radius 3 is 2.95 bits per heavy atom. The quantitative estimate of drug-likeness (QED) is 0.862. The molecule has 1 aromatic carbocycles. The lowest BCUT2D eigenvalue weighted by molar-refractivity contribution is -0.121. The Balaban J connectivity index is 2.16. The molecular formula is C14H21N3O2. The summed E-state index contributed by atoms with van der Waals surface area (Å²) in [4.78, 5) is 16.3. The summed E-state index contributed by atoms with van der Waals surface area (Å²) in [5.74, 6) is 0.890. The third-order valence-electron chi connectivity index (χ3n) is 3.20. The molecule has 1 fully saturated rings. The van der Waals surface area contributed by atoms with Crippen molar-refractivity contribution in [2.45, 2.75) is 6.04 Å². The van der Waals surface area contributed by atoms with E-state index in [1.165, 1.54) is 0 Å². The van der Waals surface area contributed by atoms with Crippen molar-refractivity contribution >= 4 is 11.6 Å². The van der Waals surface area contributed by atoms with E-state index in [0.717, 1.165) is 18.0 Å².